The minimum Gasteiger partial charge on any atom is -0.383 e. The molecular weight excluding hydrogens is 300 g/mol. The monoisotopic (exact) mass is 312 g/mol. The molecule has 2 heterocycles. The van der Waals surface area contributed by atoms with Crippen molar-refractivity contribution in [1.82, 2.24) is 9.97 Å². The molecule has 0 aromatic carbocycles. The van der Waals surface area contributed by atoms with Gasteiger partial charge in [-0.25, -0.2) is 9.97 Å². The summed E-state index contributed by atoms with van der Waals surface area (Å²) in [7, 11) is 2.00. The second-order valence-corrected chi connectivity index (χ2v) is 5.71. The van der Waals surface area contributed by atoms with Gasteiger partial charge < -0.3 is 10.6 Å². The van der Waals surface area contributed by atoms with Crippen molar-refractivity contribution in [3.8, 4) is 0 Å². The van der Waals surface area contributed by atoms with E-state index in [0.29, 0.717) is 5.82 Å². The maximum absolute atomic E-state index is 5.77. The van der Waals surface area contributed by atoms with E-state index in [4.69, 9.17) is 5.73 Å². The normalized spacial score (nSPS) is 10.5. The summed E-state index contributed by atoms with van der Waals surface area (Å²) in [5.74, 6) is 1.41. The van der Waals surface area contributed by atoms with Gasteiger partial charge in [0.05, 0.1) is 6.54 Å². The third-order valence-corrected chi connectivity index (χ3v) is 4.16. The summed E-state index contributed by atoms with van der Waals surface area (Å²) in [6.45, 7) is 2.75. The van der Waals surface area contributed by atoms with Crippen molar-refractivity contribution in [2.24, 2.45) is 0 Å². The first-order chi connectivity index (χ1) is 8.08. The van der Waals surface area contributed by atoms with E-state index >= 15 is 0 Å². The highest BCUT2D eigenvalue weighted by atomic mass is 79.9. The highest BCUT2D eigenvalue weighted by molar-refractivity contribution is 9.10. The molecule has 0 radical (unpaired) electrons. The van der Waals surface area contributed by atoms with E-state index in [0.717, 1.165) is 22.4 Å². The molecule has 0 saturated heterocycles. The highest BCUT2D eigenvalue weighted by Gasteiger charge is 2.10. The van der Waals surface area contributed by atoms with E-state index in [1.807, 2.05) is 14.0 Å². The molecule has 0 spiro atoms. The fourth-order valence-electron chi connectivity index (χ4n) is 1.58. The van der Waals surface area contributed by atoms with Crippen LogP contribution in [0.3, 0.4) is 0 Å². The van der Waals surface area contributed by atoms with Crippen LogP contribution >= 0.6 is 27.3 Å². The molecule has 4 nitrogen and oxygen atoms in total. The summed E-state index contributed by atoms with van der Waals surface area (Å²) in [6, 6.07) is 2.11. The molecule has 0 atom stereocenters. The number of rotatable bonds is 3. The summed E-state index contributed by atoms with van der Waals surface area (Å²) in [4.78, 5) is 11.6. The van der Waals surface area contributed by atoms with E-state index in [9.17, 15) is 0 Å². The fraction of sp³-hybridized carbons (Fsp3) is 0.273. The number of nitrogens with zero attached hydrogens (tertiary/aromatic N) is 3. The molecule has 0 unspecified atom stereocenters. The fourth-order valence-corrected chi connectivity index (χ4v) is 3.09. The number of hydrogen-bond acceptors (Lipinski definition) is 5. The van der Waals surface area contributed by atoms with Gasteiger partial charge in [-0.15, -0.1) is 11.3 Å². The van der Waals surface area contributed by atoms with Gasteiger partial charge in [0.2, 0.25) is 0 Å². The predicted octanol–water partition coefficient (Wildman–Crippen LogP) is 2.83. The predicted molar refractivity (Wildman–Crippen MR) is 75.3 cm³/mol. The molecule has 0 saturated carbocycles. The van der Waals surface area contributed by atoms with Crippen LogP contribution in [0.25, 0.3) is 0 Å². The van der Waals surface area contributed by atoms with Crippen LogP contribution in [0.2, 0.25) is 0 Å². The molecule has 0 aliphatic rings. The van der Waals surface area contributed by atoms with Crippen molar-refractivity contribution in [1.29, 1.82) is 0 Å². The van der Waals surface area contributed by atoms with E-state index < -0.39 is 0 Å². The smallest absolute Gasteiger partial charge is 0.137 e. The zero-order valence-corrected chi connectivity index (χ0v) is 12.0. The first-order valence-electron chi connectivity index (χ1n) is 5.09. The molecule has 17 heavy (non-hydrogen) atoms. The maximum Gasteiger partial charge on any atom is 0.137 e. The number of thiophene rings is 1. The molecular formula is C11H13BrN4S. The number of halogens is 1. The number of aromatic nitrogens is 2. The Hall–Kier alpha value is -1.14. The summed E-state index contributed by atoms with van der Waals surface area (Å²) in [5, 5.41) is 2.07. The lowest BCUT2D eigenvalue weighted by molar-refractivity contribution is 0.896. The van der Waals surface area contributed by atoms with Gasteiger partial charge in [0.15, 0.2) is 0 Å². The van der Waals surface area contributed by atoms with Crippen LogP contribution in [0, 0.1) is 6.92 Å². The van der Waals surface area contributed by atoms with Gasteiger partial charge in [0.1, 0.15) is 18.0 Å². The Morgan fingerprint density at radius 2 is 2.24 bits per heavy atom. The van der Waals surface area contributed by atoms with Gasteiger partial charge in [-0.1, -0.05) is 0 Å². The van der Waals surface area contributed by atoms with Gasteiger partial charge in [-0.2, -0.15) is 0 Å². The third-order valence-electron chi connectivity index (χ3n) is 2.47. The summed E-state index contributed by atoms with van der Waals surface area (Å²) < 4.78 is 1.12. The summed E-state index contributed by atoms with van der Waals surface area (Å²) >= 11 is 5.17. The Labute approximate surface area is 113 Å². The summed E-state index contributed by atoms with van der Waals surface area (Å²) in [6.07, 6.45) is 1.50. The molecule has 0 fully saturated rings. The second kappa shape index (κ2) is 5.01. The van der Waals surface area contributed by atoms with Crippen molar-refractivity contribution in [3.05, 3.63) is 32.7 Å². The van der Waals surface area contributed by atoms with E-state index in [1.54, 1.807) is 11.3 Å². The van der Waals surface area contributed by atoms with Gasteiger partial charge in [-0.3, -0.25) is 0 Å². The van der Waals surface area contributed by atoms with Crippen LogP contribution in [0.5, 0.6) is 0 Å². The molecule has 2 aromatic rings. The molecule has 0 amide bonds. The number of anilines is 2. The highest BCUT2D eigenvalue weighted by Crippen LogP contribution is 2.24. The molecule has 90 valence electrons. The minimum atomic E-state index is 0.536. The van der Waals surface area contributed by atoms with Crippen LogP contribution < -0.4 is 10.6 Å². The Balaban J connectivity index is 2.20. The Bertz CT molecular complexity index is 526. The van der Waals surface area contributed by atoms with E-state index in [2.05, 4.69) is 42.2 Å². The molecule has 2 rings (SSSR count). The third kappa shape index (κ3) is 2.76. The lowest BCUT2D eigenvalue weighted by Crippen LogP contribution is -2.19. The maximum atomic E-state index is 5.77. The topological polar surface area (TPSA) is 55.0 Å². The first-order valence-corrected chi connectivity index (χ1v) is 6.76. The Kier molecular flexibility index (Phi) is 3.63. The van der Waals surface area contributed by atoms with Crippen molar-refractivity contribution >= 4 is 38.9 Å². The van der Waals surface area contributed by atoms with Crippen molar-refractivity contribution in [2.45, 2.75) is 13.5 Å². The molecule has 6 heteroatoms. The van der Waals surface area contributed by atoms with E-state index in [-0.39, 0.29) is 0 Å². The molecule has 2 aromatic heterocycles. The quantitative estimate of drug-likeness (QED) is 0.947. The van der Waals surface area contributed by atoms with Crippen LogP contribution in [0.1, 0.15) is 10.4 Å². The molecule has 0 aliphatic carbocycles. The zero-order chi connectivity index (χ0) is 12.4. The minimum absolute atomic E-state index is 0.536. The lowest BCUT2D eigenvalue weighted by atomic mass is 10.3. The zero-order valence-electron chi connectivity index (χ0n) is 9.64. The van der Waals surface area contributed by atoms with Crippen LogP contribution in [-0.4, -0.2) is 17.0 Å². The largest absolute Gasteiger partial charge is 0.383 e. The SMILES string of the molecule is Cc1c(N)ncnc1N(C)Cc1cc(Br)cs1. The van der Waals surface area contributed by atoms with Crippen LogP contribution in [0.15, 0.2) is 22.2 Å². The molecule has 0 aliphatic heterocycles. The van der Waals surface area contributed by atoms with Crippen molar-refractivity contribution in [2.75, 3.05) is 17.7 Å². The van der Waals surface area contributed by atoms with Crippen molar-refractivity contribution < 1.29 is 0 Å². The Morgan fingerprint density at radius 3 is 2.88 bits per heavy atom. The second-order valence-electron chi connectivity index (χ2n) is 3.79. The van der Waals surface area contributed by atoms with E-state index in [1.165, 1.54) is 11.2 Å². The van der Waals surface area contributed by atoms with Crippen LogP contribution in [-0.2, 0) is 6.54 Å². The van der Waals surface area contributed by atoms with Crippen molar-refractivity contribution in [3.63, 3.8) is 0 Å². The average molecular weight is 313 g/mol. The number of nitrogen functional groups attached to an aromatic ring is 1. The lowest BCUT2D eigenvalue weighted by Gasteiger charge is -2.19. The van der Waals surface area contributed by atoms with Gasteiger partial charge in [-0.05, 0) is 28.9 Å². The van der Waals surface area contributed by atoms with Gasteiger partial charge in [0.25, 0.3) is 0 Å². The first kappa shape index (κ1) is 12.3. The van der Waals surface area contributed by atoms with Gasteiger partial charge in [0, 0.05) is 27.3 Å². The molecule has 0 bridgehead atoms. The summed E-state index contributed by atoms with van der Waals surface area (Å²) in [5.41, 5.74) is 6.70. The number of hydrogen-bond donors (Lipinski definition) is 1. The average Bonchev–Trinajstić information content (AvgIpc) is 2.68. The Morgan fingerprint density at radius 1 is 1.47 bits per heavy atom. The van der Waals surface area contributed by atoms with Gasteiger partial charge >= 0.3 is 0 Å². The standard InChI is InChI=1S/C11H13BrN4S/c1-7-10(13)14-6-15-11(7)16(2)4-9-3-8(12)5-17-9/h3,5-6H,4H2,1-2H3,(H2,13,14,15). The molecule has 2 N–H and O–H groups in total. The van der Waals surface area contributed by atoms with Crippen LogP contribution in [0.4, 0.5) is 11.6 Å². The number of nitrogens with two attached hydrogens (primary N) is 1.